The van der Waals surface area contributed by atoms with E-state index in [4.69, 9.17) is 0 Å². The lowest BCUT2D eigenvalue weighted by Gasteiger charge is -2.31. The van der Waals surface area contributed by atoms with Gasteiger partial charge in [0.1, 0.15) is 6.04 Å². The number of nitrogens with one attached hydrogen (secondary N) is 1. The van der Waals surface area contributed by atoms with Crippen molar-refractivity contribution in [2.75, 3.05) is 23.7 Å². The molecule has 0 aliphatic rings. The van der Waals surface area contributed by atoms with Crippen LogP contribution < -0.4 is 9.62 Å². The third kappa shape index (κ3) is 8.08. The van der Waals surface area contributed by atoms with Gasteiger partial charge < -0.3 is 10.2 Å². The Balaban J connectivity index is 2.24. The second-order valence-electron chi connectivity index (χ2n) is 9.38. The molecule has 0 heterocycles. The smallest absolute Gasteiger partial charge is 0.242 e. The fourth-order valence-electron chi connectivity index (χ4n) is 4.28. The first-order chi connectivity index (χ1) is 17.0. The van der Waals surface area contributed by atoms with Gasteiger partial charge in [-0.05, 0) is 62.8 Å². The van der Waals surface area contributed by atoms with Gasteiger partial charge in [-0.15, -0.1) is 0 Å². The monoisotopic (exact) mass is 515 g/mol. The number of nitrogens with zero attached hydrogens (tertiary/aromatic N) is 2. The van der Waals surface area contributed by atoms with Gasteiger partial charge in [-0.3, -0.25) is 13.9 Å². The Kier molecular flexibility index (Phi) is 11.0. The first-order valence-electron chi connectivity index (χ1n) is 12.7. The first kappa shape index (κ1) is 29.4. The van der Waals surface area contributed by atoms with Crippen LogP contribution in [-0.4, -0.2) is 50.5 Å². The van der Waals surface area contributed by atoms with Crippen LogP contribution in [0.1, 0.15) is 61.8 Å². The third-order valence-corrected chi connectivity index (χ3v) is 7.55. The van der Waals surface area contributed by atoms with Crippen LogP contribution in [0.3, 0.4) is 0 Å². The van der Waals surface area contributed by atoms with Gasteiger partial charge in [-0.2, -0.15) is 0 Å². The van der Waals surface area contributed by atoms with Crippen LogP contribution in [0.5, 0.6) is 0 Å². The number of hydrogen-bond donors (Lipinski definition) is 1. The summed E-state index contributed by atoms with van der Waals surface area (Å²) in [6.07, 6.45) is 2.97. The molecule has 0 aliphatic carbocycles. The number of sulfonamides is 1. The number of aryl methyl sites for hydroxylation is 2. The minimum atomic E-state index is -3.53. The van der Waals surface area contributed by atoms with E-state index in [1.54, 1.807) is 11.0 Å². The number of benzene rings is 2. The van der Waals surface area contributed by atoms with Gasteiger partial charge >= 0.3 is 0 Å². The molecule has 36 heavy (non-hydrogen) atoms. The molecule has 0 saturated heterocycles. The molecule has 0 saturated carbocycles. The van der Waals surface area contributed by atoms with Crippen LogP contribution in [0, 0.1) is 20.8 Å². The fourth-order valence-corrected chi connectivity index (χ4v) is 5.30. The van der Waals surface area contributed by atoms with Gasteiger partial charge in [0.15, 0.2) is 0 Å². The Morgan fingerprint density at radius 2 is 1.72 bits per heavy atom. The van der Waals surface area contributed by atoms with Crippen molar-refractivity contribution in [3.63, 3.8) is 0 Å². The van der Waals surface area contributed by atoms with Crippen molar-refractivity contribution >= 4 is 27.5 Å². The Morgan fingerprint density at radius 3 is 2.33 bits per heavy atom. The quantitative estimate of drug-likeness (QED) is 0.426. The molecule has 0 radical (unpaired) electrons. The van der Waals surface area contributed by atoms with Gasteiger partial charge in [0.2, 0.25) is 21.8 Å². The van der Waals surface area contributed by atoms with Gasteiger partial charge in [-0.25, -0.2) is 8.42 Å². The maximum atomic E-state index is 13.5. The summed E-state index contributed by atoms with van der Waals surface area (Å²) < 4.78 is 26.6. The highest BCUT2D eigenvalue weighted by atomic mass is 32.2. The lowest BCUT2D eigenvalue weighted by atomic mass is 10.1. The van der Waals surface area contributed by atoms with E-state index in [0.29, 0.717) is 31.6 Å². The predicted molar refractivity (Wildman–Crippen MR) is 146 cm³/mol. The van der Waals surface area contributed by atoms with Crippen molar-refractivity contribution in [1.82, 2.24) is 10.2 Å². The predicted octanol–water partition coefficient (Wildman–Crippen LogP) is 4.49. The molecule has 0 aliphatic heterocycles. The van der Waals surface area contributed by atoms with Crippen LogP contribution >= 0.6 is 0 Å². The highest BCUT2D eigenvalue weighted by molar-refractivity contribution is 7.92. The molecular formula is C28H41N3O4S. The normalized spacial score (nSPS) is 12.2. The maximum absolute atomic E-state index is 13.5. The number of amides is 2. The minimum Gasteiger partial charge on any atom is -0.354 e. The number of carbonyl (C=O) groups is 2. The fraction of sp³-hybridized carbons (Fsp3) is 0.500. The van der Waals surface area contributed by atoms with E-state index in [1.165, 1.54) is 10.6 Å². The molecule has 7 nitrogen and oxygen atoms in total. The molecule has 1 atom stereocenters. The summed E-state index contributed by atoms with van der Waals surface area (Å²) in [6.45, 7) is 10.8. The van der Waals surface area contributed by atoms with Crippen molar-refractivity contribution in [2.45, 2.75) is 72.9 Å². The van der Waals surface area contributed by atoms with Crippen LogP contribution in [0.25, 0.3) is 0 Å². The van der Waals surface area contributed by atoms with Gasteiger partial charge in [-0.1, -0.05) is 55.8 Å². The Bertz CT molecular complexity index is 1150. The van der Waals surface area contributed by atoms with E-state index in [2.05, 4.69) is 5.32 Å². The number of rotatable bonds is 13. The van der Waals surface area contributed by atoms with Crippen LogP contribution in [0.15, 0.2) is 42.5 Å². The Hall–Kier alpha value is -2.87. The van der Waals surface area contributed by atoms with E-state index >= 15 is 0 Å². The van der Waals surface area contributed by atoms with Crippen molar-refractivity contribution < 1.29 is 18.0 Å². The first-order valence-corrected chi connectivity index (χ1v) is 14.5. The number of hydrogen-bond acceptors (Lipinski definition) is 4. The minimum absolute atomic E-state index is 0.139. The molecule has 8 heteroatoms. The largest absolute Gasteiger partial charge is 0.354 e. The molecule has 0 fully saturated rings. The van der Waals surface area contributed by atoms with Crippen LogP contribution in [0.4, 0.5) is 5.69 Å². The van der Waals surface area contributed by atoms with Gasteiger partial charge in [0.25, 0.3) is 0 Å². The van der Waals surface area contributed by atoms with Crippen molar-refractivity contribution in [3.8, 4) is 0 Å². The summed E-state index contributed by atoms with van der Waals surface area (Å²) in [7, 11) is -3.53. The Morgan fingerprint density at radius 1 is 1.03 bits per heavy atom. The molecule has 1 unspecified atom stereocenters. The molecule has 1 N–H and O–H groups in total. The van der Waals surface area contributed by atoms with Crippen LogP contribution in [-0.2, 0) is 26.2 Å². The summed E-state index contributed by atoms with van der Waals surface area (Å²) in [6, 6.07) is 12.9. The van der Waals surface area contributed by atoms with Crippen molar-refractivity contribution in [2.24, 2.45) is 0 Å². The molecule has 0 aromatic heterocycles. The number of anilines is 1. The van der Waals surface area contributed by atoms with Gasteiger partial charge in [0, 0.05) is 26.1 Å². The molecule has 198 valence electrons. The standard InChI is InChI=1S/C28H41N3O4S/c1-7-17-29-28(33)25(8-2)30(20-24-14-9-12-21(3)19-24)27(32)16-11-18-31(36(6,34)35)26-15-10-13-22(4)23(26)5/h9-10,12-15,19,25H,7-8,11,16-18,20H2,1-6H3,(H,29,33). The lowest BCUT2D eigenvalue weighted by Crippen LogP contribution is -2.49. The molecule has 2 aromatic carbocycles. The van der Waals surface area contributed by atoms with E-state index < -0.39 is 16.1 Å². The van der Waals surface area contributed by atoms with E-state index in [1.807, 2.05) is 71.0 Å². The molecule has 0 spiro atoms. The SMILES string of the molecule is CCCNC(=O)C(CC)N(Cc1cccc(C)c1)C(=O)CCCN(c1cccc(C)c1C)S(C)(=O)=O. The topological polar surface area (TPSA) is 86.8 Å². The average molecular weight is 516 g/mol. The average Bonchev–Trinajstić information content (AvgIpc) is 2.81. The van der Waals surface area contributed by atoms with Crippen molar-refractivity contribution in [3.05, 3.63) is 64.7 Å². The lowest BCUT2D eigenvalue weighted by molar-refractivity contribution is -0.141. The third-order valence-electron chi connectivity index (χ3n) is 6.37. The van der Waals surface area contributed by atoms with E-state index in [9.17, 15) is 18.0 Å². The summed E-state index contributed by atoms with van der Waals surface area (Å²) in [5.74, 6) is -0.321. The second-order valence-corrected chi connectivity index (χ2v) is 11.3. The second kappa shape index (κ2) is 13.4. The van der Waals surface area contributed by atoms with Crippen LogP contribution in [0.2, 0.25) is 0 Å². The van der Waals surface area contributed by atoms with E-state index in [0.717, 1.165) is 28.7 Å². The molecule has 2 amide bonds. The molecule has 2 aromatic rings. The molecular weight excluding hydrogens is 474 g/mol. The summed E-state index contributed by atoms with van der Waals surface area (Å²) in [5.41, 5.74) is 4.57. The summed E-state index contributed by atoms with van der Waals surface area (Å²) in [5, 5.41) is 2.92. The van der Waals surface area contributed by atoms with E-state index in [-0.39, 0.29) is 24.8 Å². The van der Waals surface area contributed by atoms with Gasteiger partial charge in [0.05, 0.1) is 11.9 Å². The summed E-state index contributed by atoms with van der Waals surface area (Å²) in [4.78, 5) is 28.0. The number of carbonyl (C=O) groups excluding carboxylic acids is 2. The maximum Gasteiger partial charge on any atom is 0.242 e. The highest BCUT2D eigenvalue weighted by Gasteiger charge is 2.29. The Labute approximate surface area is 216 Å². The molecule has 0 bridgehead atoms. The highest BCUT2D eigenvalue weighted by Crippen LogP contribution is 2.25. The van der Waals surface area contributed by atoms with Crippen molar-refractivity contribution in [1.29, 1.82) is 0 Å². The molecule has 2 rings (SSSR count). The zero-order valence-corrected chi connectivity index (χ0v) is 23.3. The zero-order chi connectivity index (χ0) is 26.9. The zero-order valence-electron chi connectivity index (χ0n) is 22.5. The summed E-state index contributed by atoms with van der Waals surface area (Å²) >= 11 is 0.